The van der Waals surface area contributed by atoms with Gasteiger partial charge in [0.1, 0.15) is 0 Å². The summed E-state index contributed by atoms with van der Waals surface area (Å²) < 4.78 is 5.75. The number of anilines is 1. The predicted octanol–water partition coefficient (Wildman–Crippen LogP) is 5.46. The van der Waals surface area contributed by atoms with Crippen molar-refractivity contribution in [1.82, 2.24) is 5.32 Å². The second kappa shape index (κ2) is 9.88. The highest BCUT2D eigenvalue weighted by molar-refractivity contribution is 6.04. The smallest absolute Gasteiger partial charge is 0.337 e. The summed E-state index contributed by atoms with van der Waals surface area (Å²) in [5, 5.41) is 3.43. The number of allylic oxidation sites excluding steroid dienone is 3. The van der Waals surface area contributed by atoms with Crippen LogP contribution in [0.25, 0.3) is 0 Å². The van der Waals surface area contributed by atoms with Crippen LogP contribution in [0.2, 0.25) is 0 Å². The van der Waals surface area contributed by atoms with Crippen molar-refractivity contribution in [2.45, 2.75) is 58.0 Å². The van der Waals surface area contributed by atoms with E-state index in [1.807, 2.05) is 82.2 Å². The standard InChI is InChI=1S/C29H34N2O3/c1-6-18(2)34-29(33)26-19(3)30-24-16-22(20-10-8-7-9-11-20)17-25(32)28(24)27(26)21-12-14-23(15-13-21)31(4)5/h7-15,18,22,27,30H,6,16-17H2,1-5H3/t18-,22+,27-/m1/s1. The van der Waals surface area contributed by atoms with E-state index in [4.69, 9.17) is 4.74 Å². The SMILES string of the molecule is CC[C@@H](C)OC(=O)C1=C(C)NC2=C(C(=O)C[C@@H](c3ccccc3)C2)[C@@H]1c1ccc(N(C)C)cc1. The molecule has 3 atom stereocenters. The number of benzene rings is 2. The third kappa shape index (κ3) is 4.65. The number of Topliss-reactive ketones (excluding diaryl/α,β-unsaturated/α-hetero) is 1. The van der Waals surface area contributed by atoms with E-state index in [1.165, 1.54) is 5.56 Å². The molecular weight excluding hydrogens is 424 g/mol. The van der Waals surface area contributed by atoms with E-state index in [2.05, 4.69) is 17.4 Å². The lowest BCUT2D eigenvalue weighted by Gasteiger charge is -2.37. The van der Waals surface area contributed by atoms with Crippen molar-refractivity contribution in [3.8, 4) is 0 Å². The van der Waals surface area contributed by atoms with Gasteiger partial charge in [0, 0.05) is 49.1 Å². The van der Waals surface area contributed by atoms with Crippen molar-refractivity contribution >= 4 is 17.4 Å². The third-order valence-electron chi connectivity index (χ3n) is 6.94. The first-order valence-corrected chi connectivity index (χ1v) is 12.1. The molecule has 0 aromatic heterocycles. The van der Waals surface area contributed by atoms with Crippen molar-refractivity contribution < 1.29 is 14.3 Å². The van der Waals surface area contributed by atoms with Crippen LogP contribution in [0.1, 0.15) is 63.0 Å². The highest BCUT2D eigenvalue weighted by Crippen LogP contribution is 2.46. The van der Waals surface area contributed by atoms with E-state index in [1.54, 1.807) is 0 Å². The Morgan fingerprint density at radius 3 is 2.35 bits per heavy atom. The molecular formula is C29H34N2O3. The lowest BCUT2D eigenvalue weighted by atomic mass is 9.71. The van der Waals surface area contributed by atoms with E-state index in [-0.39, 0.29) is 23.8 Å². The van der Waals surface area contributed by atoms with Gasteiger partial charge in [0.05, 0.1) is 11.7 Å². The van der Waals surface area contributed by atoms with Gasteiger partial charge in [0.25, 0.3) is 0 Å². The van der Waals surface area contributed by atoms with Crippen LogP contribution in [0.4, 0.5) is 5.69 Å². The number of dihydropyridines is 1. The van der Waals surface area contributed by atoms with Crippen molar-refractivity contribution in [1.29, 1.82) is 0 Å². The average Bonchev–Trinajstić information content (AvgIpc) is 2.83. The molecule has 4 rings (SSSR count). The first-order valence-electron chi connectivity index (χ1n) is 12.1. The summed E-state index contributed by atoms with van der Waals surface area (Å²) in [5.41, 5.74) is 6.07. The molecule has 5 nitrogen and oxygen atoms in total. The summed E-state index contributed by atoms with van der Waals surface area (Å²) in [4.78, 5) is 29.0. The Balaban J connectivity index is 1.78. The molecule has 0 amide bonds. The monoisotopic (exact) mass is 458 g/mol. The van der Waals surface area contributed by atoms with Gasteiger partial charge >= 0.3 is 5.97 Å². The van der Waals surface area contributed by atoms with E-state index in [0.717, 1.165) is 35.5 Å². The second-order valence-corrected chi connectivity index (χ2v) is 9.54. The van der Waals surface area contributed by atoms with Crippen LogP contribution in [-0.2, 0) is 14.3 Å². The average molecular weight is 459 g/mol. The zero-order valence-electron chi connectivity index (χ0n) is 20.7. The van der Waals surface area contributed by atoms with Crippen LogP contribution in [-0.4, -0.2) is 32.0 Å². The molecule has 0 spiro atoms. The summed E-state index contributed by atoms with van der Waals surface area (Å²) in [6, 6.07) is 18.3. The predicted molar refractivity (Wildman–Crippen MR) is 136 cm³/mol. The topological polar surface area (TPSA) is 58.6 Å². The molecule has 1 N–H and O–H groups in total. The molecule has 34 heavy (non-hydrogen) atoms. The largest absolute Gasteiger partial charge is 0.459 e. The molecule has 0 bridgehead atoms. The quantitative estimate of drug-likeness (QED) is 0.583. The number of esters is 1. The van der Waals surface area contributed by atoms with E-state index in [0.29, 0.717) is 17.6 Å². The molecule has 5 heteroatoms. The molecule has 0 fully saturated rings. The number of carbonyl (C=O) groups is 2. The van der Waals surface area contributed by atoms with E-state index >= 15 is 0 Å². The summed E-state index contributed by atoms with van der Waals surface area (Å²) in [6.07, 6.45) is 1.72. The van der Waals surface area contributed by atoms with Crippen LogP contribution in [0, 0.1) is 0 Å². The Kier molecular flexibility index (Phi) is 6.92. The third-order valence-corrected chi connectivity index (χ3v) is 6.94. The zero-order chi connectivity index (χ0) is 24.4. The molecule has 1 aliphatic heterocycles. The number of hydrogen-bond donors (Lipinski definition) is 1. The Morgan fingerprint density at radius 2 is 1.74 bits per heavy atom. The molecule has 178 valence electrons. The van der Waals surface area contributed by atoms with Crippen LogP contribution in [0.3, 0.4) is 0 Å². The number of rotatable bonds is 6. The van der Waals surface area contributed by atoms with Gasteiger partial charge in [-0.1, -0.05) is 49.4 Å². The van der Waals surface area contributed by atoms with E-state index < -0.39 is 5.92 Å². The minimum atomic E-state index is -0.437. The maximum Gasteiger partial charge on any atom is 0.337 e. The van der Waals surface area contributed by atoms with Gasteiger partial charge in [0.15, 0.2) is 5.78 Å². The zero-order valence-corrected chi connectivity index (χ0v) is 20.7. The summed E-state index contributed by atoms with van der Waals surface area (Å²) in [6.45, 7) is 5.80. The van der Waals surface area contributed by atoms with Gasteiger partial charge < -0.3 is 15.0 Å². The molecule has 2 aliphatic rings. The lowest BCUT2D eigenvalue weighted by Crippen LogP contribution is -2.36. The van der Waals surface area contributed by atoms with Crippen molar-refractivity contribution in [2.75, 3.05) is 19.0 Å². The van der Waals surface area contributed by atoms with Crippen LogP contribution in [0.5, 0.6) is 0 Å². The molecule has 2 aromatic carbocycles. The van der Waals surface area contributed by atoms with Crippen LogP contribution < -0.4 is 10.2 Å². The minimum absolute atomic E-state index is 0.0885. The number of nitrogens with one attached hydrogen (secondary N) is 1. The normalized spacial score (nSPS) is 21.0. The number of hydrogen-bond acceptors (Lipinski definition) is 5. The maximum atomic E-state index is 13.6. The molecule has 0 unspecified atom stereocenters. The Bertz CT molecular complexity index is 1130. The van der Waals surface area contributed by atoms with Crippen LogP contribution in [0.15, 0.2) is 77.1 Å². The molecule has 1 heterocycles. The minimum Gasteiger partial charge on any atom is -0.459 e. The van der Waals surface area contributed by atoms with Crippen molar-refractivity contribution in [3.05, 3.63) is 88.3 Å². The maximum absolute atomic E-state index is 13.6. The van der Waals surface area contributed by atoms with Gasteiger partial charge in [-0.2, -0.15) is 0 Å². The fourth-order valence-corrected chi connectivity index (χ4v) is 4.90. The summed E-state index contributed by atoms with van der Waals surface area (Å²) in [5.74, 6) is -0.581. The molecule has 1 aliphatic carbocycles. The fraction of sp³-hybridized carbons (Fsp3) is 0.379. The Hall–Kier alpha value is -3.34. The fourth-order valence-electron chi connectivity index (χ4n) is 4.90. The van der Waals surface area contributed by atoms with Gasteiger partial charge in [0.2, 0.25) is 0 Å². The number of ketones is 1. The van der Waals surface area contributed by atoms with E-state index in [9.17, 15) is 9.59 Å². The first-order chi connectivity index (χ1) is 16.3. The Morgan fingerprint density at radius 1 is 1.06 bits per heavy atom. The van der Waals surface area contributed by atoms with Crippen molar-refractivity contribution in [3.63, 3.8) is 0 Å². The van der Waals surface area contributed by atoms with Gasteiger partial charge in [-0.05, 0) is 55.9 Å². The van der Waals surface area contributed by atoms with Gasteiger partial charge in [-0.15, -0.1) is 0 Å². The highest BCUT2D eigenvalue weighted by Gasteiger charge is 2.41. The molecule has 0 saturated carbocycles. The number of nitrogens with zero attached hydrogens (tertiary/aromatic N) is 1. The summed E-state index contributed by atoms with van der Waals surface area (Å²) in [7, 11) is 3.99. The summed E-state index contributed by atoms with van der Waals surface area (Å²) >= 11 is 0. The molecule has 0 saturated heterocycles. The first kappa shape index (κ1) is 23.8. The Labute approximate surface area is 202 Å². The molecule has 0 radical (unpaired) electrons. The second-order valence-electron chi connectivity index (χ2n) is 9.54. The van der Waals surface area contributed by atoms with Crippen LogP contribution >= 0.6 is 0 Å². The van der Waals surface area contributed by atoms with Gasteiger partial charge in [-0.3, -0.25) is 4.79 Å². The number of carbonyl (C=O) groups excluding carboxylic acids is 2. The highest BCUT2D eigenvalue weighted by atomic mass is 16.5. The lowest BCUT2D eigenvalue weighted by molar-refractivity contribution is -0.144. The van der Waals surface area contributed by atoms with Crippen molar-refractivity contribution in [2.24, 2.45) is 0 Å². The van der Waals surface area contributed by atoms with Gasteiger partial charge in [-0.25, -0.2) is 4.79 Å². The number of ether oxygens (including phenoxy) is 1. The molecule has 2 aromatic rings.